The van der Waals surface area contributed by atoms with E-state index >= 15 is 0 Å². The first-order valence-electron chi connectivity index (χ1n) is 9.58. The molecule has 1 aromatic carbocycles. The molecule has 1 spiro atoms. The average molecular weight is 420 g/mol. The molecule has 1 aromatic heterocycles. The lowest BCUT2D eigenvalue weighted by Gasteiger charge is -2.37. The quantitative estimate of drug-likeness (QED) is 0.662. The summed E-state index contributed by atoms with van der Waals surface area (Å²) in [4.78, 5) is 9.83. The number of hydrogen-bond acceptors (Lipinski definition) is 7. The Kier molecular flexibility index (Phi) is 6.12. The van der Waals surface area contributed by atoms with Crippen molar-refractivity contribution in [3.05, 3.63) is 54.2 Å². The average Bonchev–Trinajstić information content (AvgIpc) is 2.82. The van der Waals surface area contributed by atoms with E-state index in [0.29, 0.717) is 32.7 Å². The minimum absolute atomic E-state index is 0.00794. The molecule has 8 nitrogen and oxygen atoms in total. The lowest BCUT2D eigenvalue weighted by atomic mass is 9.94. The number of aromatic nitrogens is 1. The number of ether oxygens (including phenoxy) is 3. The molecule has 0 saturated carbocycles. The summed E-state index contributed by atoms with van der Waals surface area (Å²) in [5.74, 6) is 0.112. The van der Waals surface area contributed by atoms with Gasteiger partial charge < -0.3 is 14.2 Å². The van der Waals surface area contributed by atoms with E-state index in [1.165, 1.54) is 12.3 Å². The summed E-state index contributed by atoms with van der Waals surface area (Å²) in [5, 5.41) is 0. The maximum absolute atomic E-state index is 13.1. The first-order chi connectivity index (χ1) is 14.1. The van der Waals surface area contributed by atoms with Gasteiger partial charge in [0.2, 0.25) is 5.88 Å². The molecule has 0 amide bonds. The minimum Gasteiger partial charge on any atom is -0.468 e. The predicted octanol–water partition coefficient (Wildman–Crippen LogP) is 2.16. The number of sulfonamides is 1. The van der Waals surface area contributed by atoms with Crippen molar-refractivity contribution in [2.45, 2.75) is 29.9 Å². The van der Waals surface area contributed by atoms with Crippen molar-refractivity contribution in [1.82, 2.24) is 9.45 Å². The number of nitrogens with zero attached hydrogens (tertiary/aromatic N) is 2. The van der Waals surface area contributed by atoms with Gasteiger partial charge in [-0.05, 0) is 17.7 Å². The van der Waals surface area contributed by atoms with Gasteiger partial charge in [0.1, 0.15) is 10.5 Å². The third-order valence-electron chi connectivity index (χ3n) is 4.99. The molecular weight excluding hydrogens is 396 g/mol. The fraction of sp³-hybridized carbons (Fsp3) is 0.450. The van der Waals surface area contributed by atoms with Crippen LogP contribution in [0.2, 0.25) is 0 Å². The van der Waals surface area contributed by atoms with Crippen LogP contribution in [0.25, 0.3) is 0 Å². The van der Waals surface area contributed by atoms with Crippen LogP contribution in [0.4, 0.5) is 0 Å². The van der Waals surface area contributed by atoms with Crippen LogP contribution in [0.1, 0.15) is 18.4 Å². The number of rotatable bonds is 6. The third kappa shape index (κ3) is 4.59. The molecule has 2 aliphatic heterocycles. The maximum atomic E-state index is 13.1. The highest BCUT2D eigenvalue weighted by molar-refractivity contribution is 7.89. The molecular formula is C20H24N2O6S. The van der Waals surface area contributed by atoms with E-state index in [1.807, 2.05) is 30.3 Å². The Hall–Kier alpha value is -2.04. The van der Waals surface area contributed by atoms with Gasteiger partial charge in [0, 0.05) is 19.0 Å². The SMILES string of the molecule is O=S1(=O)c2cccnc2OC2(CCOCC2)CN1OCCOCc1ccccc1. The summed E-state index contributed by atoms with van der Waals surface area (Å²) >= 11 is 0. The zero-order valence-corrected chi connectivity index (χ0v) is 16.8. The summed E-state index contributed by atoms with van der Waals surface area (Å²) in [6, 6.07) is 12.8. The highest BCUT2D eigenvalue weighted by Gasteiger charge is 2.46. The molecule has 9 heteroatoms. The molecule has 0 N–H and O–H groups in total. The third-order valence-corrected chi connectivity index (χ3v) is 6.63. The van der Waals surface area contributed by atoms with E-state index in [-0.39, 0.29) is 30.5 Å². The van der Waals surface area contributed by atoms with E-state index < -0.39 is 15.6 Å². The molecule has 29 heavy (non-hydrogen) atoms. The predicted molar refractivity (Wildman–Crippen MR) is 104 cm³/mol. The lowest BCUT2D eigenvalue weighted by molar-refractivity contribution is -0.146. The standard InChI is InChI=1S/C20H24N2O6S/c23-29(24)18-7-4-10-21-19(18)28-20(8-11-25-12-9-20)16-22(29)27-14-13-26-15-17-5-2-1-3-6-17/h1-7,10H,8-9,11-16H2. The molecule has 156 valence electrons. The van der Waals surface area contributed by atoms with Crippen molar-refractivity contribution in [1.29, 1.82) is 0 Å². The number of fused-ring (bicyclic) bond motifs is 1. The molecule has 0 bridgehead atoms. The van der Waals surface area contributed by atoms with Gasteiger partial charge in [0.25, 0.3) is 10.0 Å². The van der Waals surface area contributed by atoms with Crippen molar-refractivity contribution in [2.24, 2.45) is 0 Å². The summed E-state index contributed by atoms with van der Waals surface area (Å²) in [6.07, 6.45) is 2.64. The zero-order valence-electron chi connectivity index (χ0n) is 16.0. The number of pyridine rings is 1. The molecule has 0 radical (unpaired) electrons. The Morgan fingerprint density at radius 2 is 1.86 bits per heavy atom. The van der Waals surface area contributed by atoms with Crippen LogP contribution in [0.3, 0.4) is 0 Å². The van der Waals surface area contributed by atoms with Gasteiger partial charge in [-0.25, -0.2) is 13.4 Å². The van der Waals surface area contributed by atoms with Gasteiger partial charge in [-0.3, -0.25) is 4.84 Å². The number of hydrogen-bond donors (Lipinski definition) is 0. The van der Waals surface area contributed by atoms with Crippen molar-refractivity contribution < 1.29 is 27.5 Å². The number of hydroxylamine groups is 1. The fourth-order valence-electron chi connectivity index (χ4n) is 3.40. The van der Waals surface area contributed by atoms with Crippen LogP contribution in [0.5, 0.6) is 5.88 Å². The lowest BCUT2D eigenvalue weighted by Crippen LogP contribution is -2.50. The number of benzene rings is 1. The molecule has 3 heterocycles. The first kappa shape index (κ1) is 20.2. The Bertz CT molecular complexity index is 916. The maximum Gasteiger partial charge on any atom is 0.270 e. The van der Waals surface area contributed by atoms with Crippen LogP contribution < -0.4 is 4.74 Å². The first-order valence-corrected chi connectivity index (χ1v) is 11.0. The molecule has 0 unspecified atom stereocenters. The van der Waals surface area contributed by atoms with Crippen LogP contribution in [0.15, 0.2) is 53.6 Å². The van der Waals surface area contributed by atoms with Crippen LogP contribution in [0, 0.1) is 0 Å². The molecule has 4 rings (SSSR count). The summed E-state index contributed by atoms with van der Waals surface area (Å²) in [7, 11) is -3.91. The van der Waals surface area contributed by atoms with Gasteiger partial charge in [-0.15, -0.1) is 0 Å². The largest absolute Gasteiger partial charge is 0.468 e. The van der Waals surface area contributed by atoms with Gasteiger partial charge in [0.05, 0.1) is 39.6 Å². The van der Waals surface area contributed by atoms with Crippen LogP contribution >= 0.6 is 0 Å². The van der Waals surface area contributed by atoms with Crippen molar-refractivity contribution >= 4 is 10.0 Å². The van der Waals surface area contributed by atoms with E-state index in [2.05, 4.69) is 4.98 Å². The smallest absolute Gasteiger partial charge is 0.270 e. The van der Waals surface area contributed by atoms with Gasteiger partial charge in [-0.1, -0.05) is 34.8 Å². The fourth-order valence-corrected chi connectivity index (χ4v) is 4.80. The summed E-state index contributed by atoms with van der Waals surface area (Å²) < 4.78 is 44.5. The van der Waals surface area contributed by atoms with E-state index in [0.717, 1.165) is 10.0 Å². The van der Waals surface area contributed by atoms with Crippen molar-refractivity contribution in [2.75, 3.05) is 33.0 Å². The Balaban J connectivity index is 1.45. The van der Waals surface area contributed by atoms with E-state index in [1.54, 1.807) is 6.07 Å². The highest BCUT2D eigenvalue weighted by atomic mass is 32.2. The van der Waals surface area contributed by atoms with Crippen molar-refractivity contribution in [3.63, 3.8) is 0 Å². The molecule has 1 saturated heterocycles. The van der Waals surface area contributed by atoms with Gasteiger partial charge in [-0.2, -0.15) is 0 Å². The Morgan fingerprint density at radius 3 is 2.66 bits per heavy atom. The van der Waals surface area contributed by atoms with Crippen LogP contribution in [-0.2, 0) is 30.9 Å². The van der Waals surface area contributed by atoms with E-state index in [4.69, 9.17) is 19.0 Å². The zero-order chi connectivity index (χ0) is 20.2. The normalized spacial score (nSPS) is 20.6. The second-order valence-electron chi connectivity index (χ2n) is 7.04. The summed E-state index contributed by atoms with van der Waals surface area (Å²) in [6.45, 7) is 1.88. The van der Waals surface area contributed by atoms with Gasteiger partial charge in [0.15, 0.2) is 0 Å². The second-order valence-corrected chi connectivity index (χ2v) is 8.84. The van der Waals surface area contributed by atoms with Crippen molar-refractivity contribution in [3.8, 4) is 5.88 Å². The van der Waals surface area contributed by atoms with Gasteiger partial charge >= 0.3 is 0 Å². The monoisotopic (exact) mass is 420 g/mol. The summed E-state index contributed by atoms with van der Waals surface area (Å²) in [5.41, 5.74) is 0.319. The Labute approximate surface area is 170 Å². The molecule has 0 aliphatic carbocycles. The molecule has 0 atom stereocenters. The Morgan fingerprint density at radius 1 is 1.07 bits per heavy atom. The topological polar surface area (TPSA) is 87.2 Å². The van der Waals surface area contributed by atoms with E-state index in [9.17, 15) is 8.42 Å². The highest BCUT2D eigenvalue weighted by Crippen LogP contribution is 2.37. The minimum atomic E-state index is -3.91. The van der Waals surface area contributed by atoms with Crippen LogP contribution in [-0.4, -0.2) is 56.4 Å². The molecule has 2 aromatic rings. The molecule has 1 fully saturated rings. The molecule has 2 aliphatic rings. The second kappa shape index (κ2) is 8.76.